The van der Waals surface area contributed by atoms with Crippen LogP contribution in [0, 0.1) is 0 Å². The van der Waals surface area contributed by atoms with Gasteiger partial charge < -0.3 is 10.5 Å². The molecule has 114 valence electrons. The Bertz CT molecular complexity index is 347. The van der Waals surface area contributed by atoms with E-state index in [4.69, 9.17) is 10.5 Å². The first-order valence-electron chi connectivity index (χ1n) is 8.15. The van der Waals surface area contributed by atoms with E-state index in [1.54, 1.807) is 0 Å². The fraction of sp³-hybridized carbons (Fsp3) is 0.667. The lowest BCUT2D eigenvalue weighted by molar-refractivity contribution is 0.306. The minimum Gasteiger partial charge on any atom is -0.494 e. The van der Waals surface area contributed by atoms with Crippen molar-refractivity contribution in [1.29, 1.82) is 0 Å². The summed E-state index contributed by atoms with van der Waals surface area (Å²) in [5.74, 6) is 1.56. The Labute approximate surface area is 124 Å². The Balaban J connectivity index is 2.37. The molecule has 0 bridgehead atoms. The molecule has 0 radical (unpaired) electrons. The Morgan fingerprint density at radius 3 is 2.35 bits per heavy atom. The molecule has 1 aromatic carbocycles. The van der Waals surface area contributed by atoms with Gasteiger partial charge in [0.15, 0.2) is 0 Å². The molecule has 0 aromatic heterocycles. The van der Waals surface area contributed by atoms with Crippen LogP contribution < -0.4 is 10.5 Å². The number of rotatable bonds is 10. The van der Waals surface area contributed by atoms with Crippen LogP contribution in [0.2, 0.25) is 0 Å². The fourth-order valence-corrected chi connectivity index (χ4v) is 2.27. The molecule has 0 aliphatic heterocycles. The molecule has 0 aliphatic rings. The van der Waals surface area contributed by atoms with Gasteiger partial charge in [0.05, 0.1) is 6.61 Å². The van der Waals surface area contributed by atoms with Gasteiger partial charge in [-0.15, -0.1) is 0 Å². The van der Waals surface area contributed by atoms with Crippen molar-refractivity contribution in [3.8, 4) is 5.75 Å². The zero-order valence-corrected chi connectivity index (χ0v) is 13.4. The molecule has 0 saturated carbocycles. The van der Waals surface area contributed by atoms with E-state index in [2.05, 4.69) is 45.0 Å². The van der Waals surface area contributed by atoms with Crippen molar-refractivity contribution in [3.05, 3.63) is 29.8 Å². The minimum absolute atomic E-state index is 0.346. The summed E-state index contributed by atoms with van der Waals surface area (Å²) < 4.78 is 5.74. The summed E-state index contributed by atoms with van der Waals surface area (Å²) >= 11 is 0. The van der Waals surface area contributed by atoms with E-state index in [9.17, 15) is 0 Å². The molecule has 0 fully saturated rings. The Morgan fingerprint density at radius 1 is 1.05 bits per heavy atom. The third kappa shape index (κ3) is 6.42. The van der Waals surface area contributed by atoms with Crippen LogP contribution in [-0.4, -0.2) is 12.6 Å². The van der Waals surface area contributed by atoms with Crippen molar-refractivity contribution in [2.45, 2.75) is 71.3 Å². The highest BCUT2D eigenvalue weighted by Gasteiger charge is 2.08. The Morgan fingerprint density at radius 2 is 1.75 bits per heavy atom. The van der Waals surface area contributed by atoms with E-state index < -0.39 is 0 Å². The van der Waals surface area contributed by atoms with E-state index in [1.807, 2.05) is 0 Å². The van der Waals surface area contributed by atoms with Gasteiger partial charge >= 0.3 is 0 Å². The minimum atomic E-state index is 0.346. The van der Waals surface area contributed by atoms with E-state index in [0.29, 0.717) is 12.0 Å². The molecule has 2 nitrogen and oxygen atoms in total. The van der Waals surface area contributed by atoms with E-state index in [0.717, 1.165) is 38.0 Å². The number of unbranched alkanes of at least 4 members (excludes halogenated alkanes) is 2. The Kier molecular flexibility index (Phi) is 8.36. The average molecular weight is 277 g/mol. The average Bonchev–Trinajstić information content (AvgIpc) is 2.49. The highest BCUT2D eigenvalue weighted by Crippen LogP contribution is 2.24. The second kappa shape index (κ2) is 9.82. The van der Waals surface area contributed by atoms with E-state index >= 15 is 0 Å². The van der Waals surface area contributed by atoms with Gasteiger partial charge in [-0.2, -0.15) is 0 Å². The molecule has 0 heterocycles. The van der Waals surface area contributed by atoms with Crippen LogP contribution in [0.15, 0.2) is 24.3 Å². The number of nitrogens with two attached hydrogens (primary N) is 1. The van der Waals surface area contributed by atoms with Crippen molar-refractivity contribution in [2.75, 3.05) is 6.61 Å². The second-order valence-corrected chi connectivity index (χ2v) is 5.77. The molecule has 2 atom stereocenters. The fourth-order valence-electron chi connectivity index (χ4n) is 2.27. The van der Waals surface area contributed by atoms with E-state index in [1.165, 1.54) is 18.4 Å². The molecule has 2 unspecified atom stereocenters. The number of benzene rings is 1. The summed E-state index contributed by atoms with van der Waals surface area (Å²) in [6.07, 6.45) is 6.95. The summed E-state index contributed by atoms with van der Waals surface area (Å²) in [6.45, 7) is 7.47. The van der Waals surface area contributed by atoms with Gasteiger partial charge in [0.25, 0.3) is 0 Å². The smallest absolute Gasteiger partial charge is 0.119 e. The molecule has 0 aliphatic carbocycles. The molecule has 2 N–H and O–H groups in total. The lowest BCUT2D eigenvalue weighted by atomic mass is 9.94. The lowest BCUT2D eigenvalue weighted by Crippen LogP contribution is -2.18. The zero-order valence-electron chi connectivity index (χ0n) is 13.4. The maximum Gasteiger partial charge on any atom is 0.119 e. The van der Waals surface area contributed by atoms with Crippen LogP contribution in [0.1, 0.15) is 70.8 Å². The first-order chi connectivity index (χ1) is 9.67. The van der Waals surface area contributed by atoms with Gasteiger partial charge in [-0.3, -0.25) is 0 Å². The van der Waals surface area contributed by atoms with Crippen LogP contribution in [0.4, 0.5) is 0 Å². The highest BCUT2D eigenvalue weighted by molar-refractivity contribution is 5.29. The van der Waals surface area contributed by atoms with Crippen molar-refractivity contribution in [3.63, 3.8) is 0 Å². The first kappa shape index (κ1) is 17.0. The molecular formula is C18H31NO. The van der Waals surface area contributed by atoms with Crippen LogP contribution in [-0.2, 0) is 0 Å². The van der Waals surface area contributed by atoms with Crippen LogP contribution in [0.25, 0.3) is 0 Å². The quantitative estimate of drug-likeness (QED) is 0.619. The third-order valence-corrected chi connectivity index (χ3v) is 3.96. The Hall–Kier alpha value is -1.02. The lowest BCUT2D eigenvalue weighted by Gasteiger charge is -2.15. The molecule has 0 spiro atoms. The largest absolute Gasteiger partial charge is 0.494 e. The number of hydrogen-bond acceptors (Lipinski definition) is 2. The maximum atomic E-state index is 5.98. The van der Waals surface area contributed by atoms with Gasteiger partial charge in [0, 0.05) is 6.04 Å². The predicted molar refractivity (Wildman–Crippen MR) is 87.4 cm³/mol. The molecule has 1 aromatic rings. The highest BCUT2D eigenvalue weighted by atomic mass is 16.5. The van der Waals surface area contributed by atoms with Crippen molar-refractivity contribution >= 4 is 0 Å². The van der Waals surface area contributed by atoms with Gasteiger partial charge in [0.1, 0.15) is 5.75 Å². The van der Waals surface area contributed by atoms with E-state index in [-0.39, 0.29) is 0 Å². The number of hydrogen-bond donors (Lipinski definition) is 1. The summed E-state index contributed by atoms with van der Waals surface area (Å²) in [5, 5.41) is 0. The van der Waals surface area contributed by atoms with Crippen LogP contribution in [0.5, 0.6) is 5.75 Å². The predicted octanol–water partition coefficient (Wildman–Crippen LogP) is 4.88. The van der Waals surface area contributed by atoms with Crippen LogP contribution in [0.3, 0.4) is 0 Å². The standard InChI is InChI=1S/C18H31NO/c1-4-6-7-14-20-18-12-9-16(10-13-18)15(3)8-11-17(19)5-2/h9-10,12-13,15,17H,4-8,11,14,19H2,1-3H3. The molecule has 20 heavy (non-hydrogen) atoms. The van der Waals surface area contributed by atoms with Crippen molar-refractivity contribution in [1.82, 2.24) is 0 Å². The van der Waals surface area contributed by atoms with Gasteiger partial charge in [-0.25, -0.2) is 0 Å². The summed E-state index contributed by atoms with van der Waals surface area (Å²) in [5.41, 5.74) is 7.37. The van der Waals surface area contributed by atoms with Crippen molar-refractivity contribution < 1.29 is 4.74 Å². The third-order valence-electron chi connectivity index (χ3n) is 3.96. The summed E-state index contributed by atoms with van der Waals surface area (Å²) in [4.78, 5) is 0. The zero-order chi connectivity index (χ0) is 14.8. The molecule has 0 saturated heterocycles. The first-order valence-corrected chi connectivity index (χ1v) is 8.15. The SMILES string of the molecule is CCCCCOc1ccc(C(C)CCC(N)CC)cc1. The van der Waals surface area contributed by atoms with Crippen molar-refractivity contribution in [2.24, 2.45) is 5.73 Å². The second-order valence-electron chi connectivity index (χ2n) is 5.77. The molecule has 2 heteroatoms. The summed E-state index contributed by atoms with van der Waals surface area (Å²) in [6, 6.07) is 8.92. The monoisotopic (exact) mass is 277 g/mol. The topological polar surface area (TPSA) is 35.2 Å². The molecule has 1 rings (SSSR count). The molecular weight excluding hydrogens is 246 g/mol. The van der Waals surface area contributed by atoms with Crippen LogP contribution >= 0.6 is 0 Å². The molecule has 0 amide bonds. The number of ether oxygens (including phenoxy) is 1. The van der Waals surface area contributed by atoms with Gasteiger partial charge in [0.2, 0.25) is 0 Å². The normalized spacial score (nSPS) is 14.0. The maximum absolute atomic E-state index is 5.98. The van der Waals surface area contributed by atoms with Gasteiger partial charge in [-0.1, -0.05) is 45.7 Å². The summed E-state index contributed by atoms with van der Waals surface area (Å²) in [7, 11) is 0. The van der Waals surface area contributed by atoms with Gasteiger partial charge in [-0.05, 0) is 49.3 Å².